The van der Waals surface area contributed by atoms with E-state index in [1.54, 1.807) is 30.3 Å². The van der Waals surface area contributed by atoms with Gasteiger partial charge in [-0.25, -0.2) is 4.79 Å². The predicted octanol–water partition coefficient (Wildman–Crippen LogP) is 4.16. The Morgan fingerprint density at radius 2 is 2.00 bits per heavy atom. The molecule has 0 aliphatic heterocycles. The van der Waals surface area contributed by atoms with Gasteiger partial charge in [0, 0.05) is 28.9 Å². The Bertz CT molecular complexity index is 990. The summed E-state index contributed by atoms with van der Waals surface area (Å²) in [6.07, 6.45) is 2.99. The second-order valence-corrected chi connectivity index (χ2v) is 5.76. The van der Waals surface area contributed by atoms with Gasteiger partial charge >= 0.3 is 6.03 Å². The molecule has 0 saturated carbocycles. The lowest BCUT2D eigenvalue weighted by molar-refractivity contribution is 0.247. The number of aliphatic hydroxyl groups excluding tert-OH is 1. The summed E-state index contributed by atoms with van der Waals surface area (Å²) in [5, 5.41) is 23.8. The molecule has 0 fully saturated rings. The van der Waals surface area contributed by atoms with Gasteiger partial charge in [0.2, 0.25) is 0 Å². The first-order valence-electron chi connectivity index (χ1n) is 8.43. The summed E-state index contributed by atoms with van der Waals surface area (Å²) in [5.41, 5.74) is 2.20. The number of benzene rings is 2. The minimum atomic E-state index is -0.599. The Balaban J connectivity index is 1.60. The zero-order valence-electron chi connectivity index (χ0n) is 14.7. The molecule has 1 heterocycles. The molecule has 2 amide bonds. The molecule has 0 saturated heterocycles. The summed E-state index contributed by atoms with van der Waals surface area (Å²) in [5.74, 6) is 0.285. The molecule has 0 atom stereocenters. The van der Waals surface area contributed by atoms with Crippen molar-refractivity contribution in [1.29, 1.82) is 5.41 Å². The number of fused-ring (bicyclic) bond motifs is 1. The van der Waals surface area contributed by atoms with E-state index >= 15 is 0 Å². The average molecular weight is 364 g/mol. The Labute approximate surface area is 156 Å². The molecule has 7 heteroatoms. The van der Waals surface area contributed by atoms with E-state index in [2.05, 4.69) is 15.6 Å². The zero-order chi connectivity index (χ0) is 19.2. The van der Waals surface area contributed by atoms with Gasteiger partial charge in [0.15, 0.2) is 5.88 Å². The minimum absolute atomic E-state index is 0.0598. The number of nitrogens with one attached hydrogen (secondary N) is 4. The highest BCUT2D eigenvalue weighted by Crippen LogP contribution is 2.17. The molecule has 5 N–H and O–H groups in total. The van der Waals surface area contributed by atoms with Crippen molar-refractivity contribution in [3.63, 3.8) is 0 Å². The van der Waals surface area contributed by atoms with Crippen LogP contribution in [0.5, 0.6) is 5.75 Å². The molecule has 0 aliphatic carbocycles. The summed E-state index contributed by atoms with van der Waals surface area (Å²) in [7, 11) is 0. The van der Waals surface area contributed by atoms with Crippen LogP contribution in [-0.4, -0.2) is 28.4 Å². The number of allylic oxidation sites excluding steroid dienone is 1. The number of H-pyrrole nitrogens is 1. The fraction of sp³-hybridized carbons (Fsp3) is 0.100. The normalized spacial score (nSPS) is 11.2. The average Bonchev–Trinajstić information content (AvgIpc) is 3.10. The van der Waals surface area contributed by atoms with Gasteiger partial charge in [0.1, 0.15) is 5.75 Å². The number of aromatic amines is 1. The maximum atomic E-state index is 12.0. The van der Waals surface area contributed by atoms with Crippen molar-refractivity contribution in [2.24, 2.45) is 0 Å². The largest absolute Gasteiger partial charge is 0.494 e. The smallest absolute Gasteiger partial charge is 0.326 e. The van der Waals surface area contributed by atoms with Crippen LogP contribution in [0.15, 0.2) is 66.7 Å². The highest BCUT2D eigenvalue weighted by atomic mass is 16.5. The Kier molecular flexibility index (Phi) is 5.41. The van der Waals surface area contributed by atoms with E-state index in [-0.39, 0.29) is 5.71 Å². The van der Waals surface area contributed by atoms with E-state index in [0.29, 0.717) is 23.6 Å². The van der Waals surface area contributed by atoms with Gasteiger partial charge in [-0.1, -0.05) is 0 Å². The Morgan fingerprint density at radius 3 is 2.74 bits per heavy atom. The highest BCUT2D eigenvalue weighted by molar-refractivity contribution is 6.07. The molecule has 138 valence electrons. The standard InChI is InChI=1S/C20H20N4O3/c1-2-27-16-6-3-13(4-7-16)17(21)12-19(25)24-20(26)23-15-5-8-18-14(11-15)9-10-22-18/h3-12,21-22,25H,2H2,1H3,(H2,23,24,26)/b19-12-,21-17?. The number of urea groups is 1. The van der Waals surface area contributed by atoms with Crippen molar-refractivity contribution >= 4 is 28.3 Å². The van der Waals surface area contributed by atoms with E-state index < -0.39 is 11.9 Å². The molecule has 7 nitrogen and oxygen atoms in total. The van der Waals surface area contributed by atoms with Gasteiger partial charge in [0.05, 0.1) is 12.3 Å². The summed E-state index contributed by atoms with van der Waals surface area (Å²) in [4.78, 5) is 15.1. The van der Waals surface area contributed by atoms with E-state index in [1.165, 1.54) is 6.08 Å². The van der Waals surface area contributed by atoms with Crippen LogP contribution in [-0.2, 0) is 0 Å². The number of hydrogen-bond donors (Lipinski definition) is 5. The number of carbonyl (C=O) groups excluding carboxylic acids is 1. The molecule has 0 bridgehead atoms. The van der Waals surface area contributed by atoms with Crippen LogP contribution in [0.3, 0.4) is 0 Å². The van der Waals surface area contributed by atoms with Crippen molar-refractivity contribution in [3.8, 4) is 5.75 Å². The van der Waals surface area contributed by atoms with Crippen LogP contribution in [0, 0.1) is 5.41 Å². The molecule has 1 aromatic heterocycles. The van der Waals surface area contributed by atoms with Crippen molar-refractivity contribution in [2.45, 2.75) is 6.92 Å². The van der Waals surface area contributed by atoms with Crippen LogP contribution >= 0.6 is 0 Å². The maximum Gasteiger partial charge on any atom is 0.326 e. The third-order valence-electron chi connectivity index (χ3n) is 3.81. The van der Waals surface area contributed by atoms with Crippen LogP contribution in [0.2, 0.25) is 0 Å². The van der Waals surface area contributed by atoms with Gasteiger partial charge in [-0.05, 0) is 61.0 Å². The molecule has 27 heavy (non-hydrogen) atoms. The molecule has 0 spiro atoms. The first-order chi connectivity index (χ1) is 13.0. The SMILES string of the molecule is CCOc1ccc(C(=N)/C=C(\O)NC(=O)Nc2ccc3[nH]ccc3c2)cc1. The number of aliphatic hydroxyl groups is 1. The number of hydrogen-bond acceptors (Lipinski definition) is 4. The molecular weight excluding hydrogens is 344 g/mol. The van der Waals surface area contributed by atoms with Crippen molar-refractivity contribution in [2.75, 3.05) is 11.9 Å². The lowest BCUT2D eigenvalue weighted by Gasteiger charge is -2.08. The molecule has 2 aromatic carbocycles. The van der Waals surface area contributed by atoms with E-state index in [4.69, 9.17) is 10.1 Å². The zero-order valence-corrected chi connectivity index (χ0v) is 14.7. The van der Waals surface area contributed by atoms with Crippen LogP contribution in [0.4, 0.5) is 10.5 Å². The van der Waals surface area contributed by atoms with Crippen molar-refractivity contribution in [1.82, 2.24) is 10.3 Å². The fourth-order valence-electron chi connectivity index (χ4n) is 2.56. The van der Waals surface area contributed by atoms with Crippen LogP contribution < -0.4 is 15.4 Å². The summed E-state index contributed by atoms with van der Waals surface area (Å²) < 4.78 is 5.35. The second-order valence-electron chi connectivity index (χ2n) is 5.76. The van der Waals surface area contributed by atoms with Crippen LogP contribution in [0.25, 0.3) is 10.9 Å². The first-order valence-corrected chi connectivity index (χ1v) is 8.43. The summed E-state index contributed by atoms with van der Waals surface area (Å²) in [6, 6.07) is 13.6. The number of amides is 2. The predicted molar refractivity (Wildman–Crippen MR) is 106 cm³/mol. The summed E-state index contributed by atoms with van der Waals surface area (Å²) in [6.45, 7) is 2.46. The topological polar surface area (TPSA) is 110 Å². The molecule has 3 aromatic rings. The highest BCUT2D eigenvalue weighted by Gasteiger charge is 2.07. The number of rotatable bonds is 6. The Hall–Kier alpha value is -3.74. The number of aromatic nitrogens is 1. The van der Waals surface area contributed by atoms with Gasteiger partial charge < -0.3 is 25.6 Å². The van der Waals surface area contributed by atoms with E-state index in [1.807, 2.05) is 31.3 Å². The van der Waals surface area contributed by atoms with E-state index in [9.17, 15) is 9.90 Å². The van der Waals surface area contributed by atoms with Crippen molar-refractivity contribution in [3.05, 3.63) is 72.3 Å². The molecule has 3 rings (SSSR count). The van der Waals surface area contributed by atoms with Gasteiger partial charge in [0.25, 0.3) is 0 Å². The lowest BCUT2D eigenvalue weighted by Crippen LogP contribution is -2.28. The minimum Gasteiger partial charge on any atom is -0.494 e. The lowest BCUT2D eigenvalue weighted by atomic mass is 10.1. The molecule has 0 aliphatic rings. The van der Waals surface area contributed by atoms with Gasteiger partial charge in [-0.3, -0.25) is 5.32 Å². The van der Waals surface area contributed by atoms with Gasteiger partial charge in [-0.15, -0.1) is 0 Å². The number of carbonyl (C=O) groups is 1. The maximum absolute atomic E-state index is 12.0. The number of ether oxygens (including phenoxy) is 1. The quantitative estimate of drug-likeness (QED) is 0.335. The molecule has 0 radical (unpaired) electrons. The van der Waals surface area contributed by atoms with Crippen LogP contribution in [0.1, 0.15) is 12.5 Å². The van der Waals surface area contributed by atoms with Crippen molar-refractivity contribution < 1.29 is 14.6 Å². The Morgan fingerprint density at radius 1 is 1.22 bits per heavy atom. The number of anilines is 1. The second kappa shape index (κ2) is 8.09. The fourth-order valence-corrected chi connectivity index (χ4v) is 2.56. The van der Waals surface area contributed by atoms with E-state index in [0.717, 1.165) is 10.9 Å². The monoisotopic (exact) mass is 364 g/mol. The third kappa shape index (κ3) is 4.66. The summed E-state index contributed by atoms with van der Waals surface area (Å²) >= 11 is 0. The first kappa shape index (κ1) is 18.1. The molecular formula is C20H20N4O3. The third-order valence-corrected chi connectivity index (χ3v) is 3.81. The van der Waals surface area contributed by atoms with Gasteiger partial charge in [-0.2, -0.15) is 0 Å². The molecule has 0 unspecified atom stereocenters.